The van der Waals surface area contributed by atoms with Crippen LogP contribution >= 0.6 is 0 Å². The predicted molar refractivity (Wildman–Crippen MR) is 105 cm³/mol. The van der Waals surface area contributed by atoms with Crippen LogP contribution in [0, 0.1) is 0 Å². The molecule has 0 saturated carbocycles. The second-order valence-corrected chi connectivity index (χ2v) is 8.64. The number of esters is 1. The molecule has 3 rings (SSSR count). The van der Waals surface area contributed by atoms with Crippen molar-refractivity contribution in [2.75, 3.05) is 46.1 Å². The first-order chi connectivity index (χ1) is 14.4. The summed E-state index contributed by atoms with van der Waals surface area (Å²) in [5.74, 6) is -0.0934. The summed E-state index contributed by atoms with van der Waals surface area (Å²) in [5, 5.41) is 0. The minimum atomic E-state index is -3.85. The normalized spacial score (nSPS) is 17.7. The van der Waals surface area contributed by atoms with Gasteiger partial charge >= 0.3 is 5.97 Å². The smallest absolute Gasteiger partial charge is 0.307 e. The summed E-state index contributed by atoms with van der Waals surface area (Å²) in [6.07, 6.45) is -0.428. The fourth-order valence-corrected chi connectivity index (χ4v) is 4.08. The Kier molecular flexibility index (Phi) is 7.51. The number of amides is 1. The zero-order chi connectivity index (χ0) is 21.6. The lowest BCUT2D eigenvalue weighted by Gasteiger charge is -2.28. The van der Waals surface area contributed by atoms with Gasteiger partial charge in [-0.25, -0.2) is 13.1 Å². The molecular weight excluding hydrogens is 416 g/mol. The van der Waals surface area contributed by atoms with E-state index in [1.807, 2.05) is 0 Å². The highest BCUT2D eigenvalue weighted by Crippen LogP contribution is 2.31. The maximum atomic E-state index is 12.5. The lowest BCUT2D eigenvalue weighted by molar-refractivity contribution is -0.160. The molecule has 1 atom stereocenters. The average molecular weight is 442 g/mol. The van der Waals surface area contributed by atoms with Crippen LogP contribution in [0.4, 0.5) is 0 Å². The Balaban J connectivity index is 1.48. The molecule has 11 heteroatoms. The number of sulfonamides is 1. The van der Waals surface area contributed by atoms with Gasteiger partial charge in [-0.15, -0.1) is 0 Å². The van der Waals surface area contributed by atoms with E-state index in [0.29, 0.717) is 57.4 Å². The van der Waals surface area contributed by atoms with E-state index in [9.17, 15) is 18.0 Å². The first kappa shape index (κ1) is 22.3. The molecule has 2 heterocycles. The second-order valence-electron chi connectivity index (χ2n) is 6.88. The van der Waals surface area contributed by atoms with Crippen molar-refractivity contribution in [3.63, 3.8) is 0 Å². The number of hydrogen-bond acceptors (Lipinski definition) is 8. The lowest BCUT2D eigenvalue weighted by atomic mass is 10.3. The van der Waals surface area contributed by atoms with E-state index in [-0.39, 0.29) is 23.8 Å². The molecule has 0 spiro atoms. The van der Waals surface area contributed by atoms with Crippen molar-refractivity contribution in [3.05, 3.63) is 18.2 Å². The molecule has 2 aliphatic rings. The van der Waals surface area contributed by atoms with Crippen molar-refractivity contribution in [1.29, 1.82) is 0 Å². The van der Waals surface area contributed by atoms with Crippen molar-refractivity contribution in [3.8, 4) is 11.5 Å². The zero-order valence-corrected chi connectivity index (χ0v) is 17.6. The van der Waals surface area contributed by atoms with E-state index in [2.05, 4.69) is 4.72 Å². The number of rotatable bonds is 7. The Labute approximate surface area is 175 Å². The van der Waals surface area contributed by atoms with Gasteiger partial charge in [0.15, 0.2) is 17.6 Å². The van der Waals surface area contributed by atoms with Crippen LogP contribution in [0.15, 0.2) is 23.1 Å². The van der Waals surface area contributed by atoms with Crippen LogP contribution in [0.3, 0.4) is 0 Å². The first-order valence-corrected chi connectivity index (χ1v) is 11.3. The summed E-state index contributed by atoms with van der Waals surface area (Å²) >= 11 is 0. The topological polar surface area (TPSA) is 120 Å². The number of nitrogens with one attached hydrogen (secondary N) is 1. The van der Waals surface area contributed by atoms with Gasteiger partial charge in [0.2, 0.25) is 10.0 Å². The number of ether oxygens (including phenoxy) is 4. The van der Waals surface area contributed by atoms with Gasteiger partial charge in [-0.1, -0.05) is 0 Å². The van der Waals surface area contributed by atoms with Gasteiger partial charge in [-0.05, 0) is 19.1 Å². The molecule has 1 aromatic carbocycles. The van der Waals surface area contributed by atoms with Gasteiger partial charge in [0.25, 0.3) is 5.91 Å². The van der Waals surface area contributed by atoms with E-state index < -0.39 is 22.1 Å². The summed E-state index contributed by atoms with van der Waals surface area (Å²) in [4.78, 5) is 25.8. The zero-order valence-electron chi connectivity index (χ0n) is 16.8. The standard InChI is InChI=1S/C19H26N2O8S/c1-14(19(23)21-7-11-26-12-8-21)29-18(22)5-6-20-30(24,25)15-3-4-16-17(13-15)28-10-2-9-27-16/h3-4,13-14,20H,2,5-12H2,1H3/t14-/m1/s1. The Hall–Kier alpha value is -2.37. The quantitative estimate of drug-likeness (QED) is 0.599. The van der Waals surface area contributed by atoms with Crippen molar-refractivity contribution in [2.24, 2.45) is 0 Å². The Morgan fingerprint density at radius 3 is 2.57 bits per heavy atom. The van der Waals surface area contributed by atoms with E-state index in [1.165, 1.54) is 19.1 Å². The Morgan fingerprint density at radius 2 is 1.83 bits per heavy atom. The van der Waals surface area contributed by atoms with Gasteiger partial charge in [-0.2, -0.15) is 0 Å². The number of carbonyl (C=O) groups is 2. The molecule has 1 fully saturated rings. The lowest BCUT2D eigenvalue weighted by Crippen LogP contribution is -2.46. The van der Waals surface area contributed by atoms with Crippen molar-refractivity contribution in [1.82, 2.24) is 9.62 Å². The molecule has 10 nitrogen and oxygen atoms in total. The molecule has 1 N–H and O–H groups in total. The molecule has 0 aliphatic carbocycles. The number of nitrogens with zero attached hydrogens (tertiary/aromatic N) is 1. The third-order valence-electron chi connectivity index (χ3n) is 4.63. The summed E-state index contributed by atoms with van der Waals surface area (Å²) in [6, 6.07) is 4.35. The minimum absolute atomic E-state index is 0.0102. The van der Waals surface area contributed by atoms with Crippen LogP contribution in [-0.2, 0) is 29.1 Å². The number of hydrogen-bond donors (Lipinski definition) is 1. The molecule has 1 amide bonds. The van der Waals surface area contributed by atoms with E-state index in [0.717, 1.165) is 0 Å². The Morgan fingerprint density at radius 1 is 1.13 bits per heavy atom. The van der Waals surface area contributed by atoms with Crippen molar-refractivity contribution >= 4 is 21.9 Å². The van der Waals surface area contributed by atoms with Crippen LogP contribution in [0.25, 0.3) is 0 Å². The van der Waals surface area contributed by atoms with Gasteiger partial charge < -0.3 is 23.8 Å². The predicted octanol–water partition coefficient (Wildman–Crippen LogP) is 0.307. The van der Waals surface area contributed by atoms with Crippen molar-refractivity contribution in [2.45, 2.75) is 30.8 Å². The van der Waals surface area contributed by atoms with Gasteiger partial charge in [0.1, 0.15) is 0 Å². The number of benzene rings is 1. The summed E-state index contributed by atoms with van der Waals surface area (Å²) in [6.45, 7) is 4.10. The SMILES string of the molecule is C[C@@H](OC(=O)CCNS(=O)(=O)c1ccc2c(c1)OCCCO2)C(=O)N1CCOCC1. The van der Waals surface area contributed by atoms with Crippen LogP contribution in [-0.4, -0.2) is 77.4 Å². The fourth-order valence-electron chi connectivity index (χ4n) is 3.03. The number of fused-ring (bicyclic) bond motifs is 1. The van der Waals surface area contributed by atoms with Gasteiger partial charge in [-0.3, -0.25) is 9.59 Å². The summed E-state index contributed by atoms with van der Waals surface area (Å²) in [5.41, 5.74) is 0. The highest BCUT2D eigenvalue weighted by atomic mass is 32.2. The molecule has 2 aliphatic heterocycles. The molecule has 30 heavy (non-hydrogen) atoms. The highest BCUT2D eigenvalue weighted by molar-refractivity contribution is 7.89. The van der Waals surface area contributed by atoms with Crippen LogP contribution in [0.2, 0.25) is 0 Å². The average Bonchev–Trinajstić information content (AvgIpc) is 2.98. The molecule has 1 aromatic rings. The maximum Gasteiger partial charge on any atom is 0.307 e. The second kappa shape index (κ2) is 10.1. The largest absolute Gasteiger partial charge is 0.490 e. The number of carbonyl (C=O) groups excluding carboxylic acids is 2. The van der Waals surface area contributed by atoms with E-state index in [1.54, 1.807) is 11.0 Å². The molecule has 0 aromatic heterocycles. The van der Waals surface area contributed by atoms with Crippen LogP contribution in [0.5, 0.6) is 11.5 Å². The third kappa shape index (κ3) is 5.83. The van der Waals surface area contributed by atoms with Gasteiger partial charge in [0, 0.05) is 32.1 Å². The fraction of sp³-hybridized carbons (Fsp3) is 0.579. The van der Waals surface area contributed by atoms with E-state index in [4.69, 9.17) is 18.9 Å². The molecule has 0 bridgehead atoms. The van der Waals surface area contributed by atoms with E-state index >= 15 is 0 Å². The first-order valence-electron chi connectivity index (χ1n) is 9.82. The molecular formula is C19H26N2O8S. The third-order valence-corrected chi connectivity index (χ3v) is 6.09. The summed E-state index contributed by atoms with van der Waals surface area (Å²) < 4.78 is 48.7. The minimum Gasteiger partial charge on any atom is -0.490 e. The van der Waals surface area contributed by atoms with Crippen molar-refractivity contribution < 1.29 is 37.0 Å². The van der Waals surface area contributed by atoms with Crippen LogP contribution in [0.1, 0.15) is 19.8 Å². The molecule has 0 radical (unpaired) electrons. The molecule has 0 unspecified atom stereocenters. The molecule has 166 valence electrons. The maximum absolute atomic E-state index is 12.5. The summed E-state index contributed by atoms with van der Waals surface area (Å²) in [7, 11) is -3.85. The monoisotopic (exact) mass is 442 g/mol. The molecule has 1 saturated heterocycles. The van der Waals surface area contributed by atoms with Crippen LogP contribution < -0.4 is 14.2 Å². The Bertz CT molecular complexity index is 867. The van der Waals surface area contributed by atoms with Gasteiger partial charge in [0.05, 0.1) is 37.7 Å². The number of morpholine rings is 1. The highest BCUT2D eigenvalue weighted by Gasteiger charge is 2.25.